The van der Waals surface area contributed by atoms with Crippen LogP contribution in [0, 0.1) is 23.7 Å². The van der Waals surface area contributed by atoms with Gasteiger partial charge in [-0.15, -0.1) is 0 Å². The maximum absolute atomic E-state index is 12.4. The lowest BCUT2D eigenvalue weighted by Crippen LogP contribution is -2.48. The molecule has 2 saturated carbocycles. The van der Waals surface area contributed by atoms with Crippen molar-refractivity contribution in [1.82, 2.24) is 0 Å². The highest BCUT2D eigenvalue weighted by atomic mass is 32.2. The van der Waals surface area contributed by atoms with Crippen molar-refractivity contribution in [3.05, 3.63) is 35.4 Å². The fraction of sp³-hybridized carbons (Fsp3) is 0.741. The highest BCUT2D eigenvalue weighted by Gasteiger charge is 2.50. The second-order valence-electron chi connectivity index (χ2n) is 12.3. The molecule has 4 nitrogen and oxygen atoms in total. The minimum Gasteiger partial charge on any atom is -0.389 e. The standard InChI is InChI=1S/C16H29NO3S.C11H16/c1-12-5-6-15(13(12)17)7-9-16(18,10-8-15)11-21(19,20)14(2,3)4;1-9-5-7-10(8-6-9)11(2,3)4/h12,17-18H,5-11H2,1-4H3;5-8H,1-4H3. The molecule has 2 aliphatic carbocycles. The molecule has 32 heavy (non-hydrogen) atoms. The SMILES string of the molecule is CC1CCC2(CCC(O)(CS(=O)(=O)C(C)(C)C)CC2)C1=N.Cc1ccc(C(C)(C)C)cc1. The van der Waals surface area contributed by atoms with Gasteiger partial charge in [0.1, 0.15) is 0 Å². The van der Waals surface area contributed by atoms with Crippen LogP contribution in [0.4, 0.5) is 0 Å². The average molecular weight is 464 g/mol. The van der Waals surface area contributed by atoms with Crippen LogP contribution < -0.4 is 0 Å². The molecule has 0 bridgehead atoms. The van der Waals surface area contributed by atoms with Crippen LogP contribution in [0.2, 0.25) is 0 Å². The van der Waals surface area contributed by atoms with Crippen molar-refractivity contribution in [2.75, 3.05) is 5.75 Å². The summed E-state index contributed by atoms with van der Waals surface area (Å²) in [6.45, 7) is 16.0. The van der Waals surface area contributed by atoms with Crippen molar-refractivity contribution in [1.29, 1.82) is 5.41 Å². The Balaban J connectivity index is 0.000000278. The second kappa shape index (κ2) is 9.21. The van der Waals surface area contributed by atoms with Crippen molar-refractivity contribution in [2.24, 2.45) is 11.3 Å². The molecule has 0 amide bonds. The molecule has 0 aliphatic heterocycles. The van der Waals surface area contributed by atoms with E-state index in [0.717, 1.165) is 31.4 Å². The number of nitrogens with one attached hydrogen (secondary N) is 1. The molecule has 2 fully saturated rings. The maximum Gasteiger partial charge on any atom is 0.158 e. The largest absolute Gasteiger partial charge is 0.389 e. The smallest absolute Gasteiger partial charge is 0.158 e. The van der Waals surface area contributed by atoms with Gasteiger partial charge >= 0.3 is 0 Å². The molecule has 0 radical (unpaired) electrons. The number of hydrogen-bond donors (Lipinski definition) is 2. The van der Waals surface area contributed by atoms with Crippen molar-refractivity contribution >= 4 is 15.5 Å². The van der Waals surface area contributed by atoms with Crippen molar-refractivity contribution in [2.45, 2.75) is 110 Å². The third-order valence-corrected chi connectivity index (χ3v) is 10.4. The Labute approximate surface area is 196 Å². The van der Waals surface area contributed by atoms with Crippen LogP contribution in [-0.2, 0) is 15.3 Å². The lowest BCUT2D eigenvalue weighted by Gasteiger charge is -2.43. The molecule has 1 atom stereocenters. The number of rotatable bonds is 2. The Morgan fingerprint density at radius 3 is 1.84 bits per heavy atom. The molecule has 182 valence electrons. The molecule has 2 aliphatic rings. The van der Waals surface area contributed by atoms with E-state index in [-0.39, 0.29) is 16.6 Å². The summed E-state index contributed by atoms with van der Waals surface area (Å²) in [6.07, 6.45) is 4.58. The van der Waals surface area contributed by atoms with E-state index >= 15 is 0 Å². The van der Waals surface area contributed by atoms with Gasteiger partial charge in [0.05, 0.1) is 16.1 Å². The van der Waals surface area contributed by atoms with Crippen molar-refractivity contribution in [3.63, 3.8) is 0 Å². The average Bonchev–Trinajstić information content (AvgIpc) is 2.92. The molecule has 0 saturated heterocycles. The second-order valence-corrected chi connectivity index (χ2v) is 15.1. The van der Waals surface area contributed by atoms with E-state index in [1.165, 1.54) is 11.1 Å². The van der Waals surface area contributed by atoms with Gasteiger partial charge in [0.25, 0.3) is 0 Å². The Morgan fingerprint density at radius 2 is 1.47 bits per heavy atom. The minimum atomic E-state index is -3.32. The van der Waals surface area contributed by atoms with Crippen LogP contribution in [0.1, 0.15) is 98.1 Å². The molecule has 3 rings (SSSR count). The van der Waals surface area contributed by atoms with Gasteiger partial charge in [-0.05, 0) is 83.1 Å². The molecule has 2 N–H and O–H groups in total. The predicted molar refractivity (Wildman–Crippen MR) is 135 cm³/mol. The van der Waals surface area contributed by atoms with Gasteiger partial charge in [0.15, 0.2) is 9.84 Å². The van der Waals surface area contributed by atoms with Crippen LogP contribution in [-0.4, -0.2) is 35.3 Å². The molecule has 0 aromatic heterocycles. The third-order valence-electron chi connectivity index (χ3n) is 7.57. The zero-order valence-electron chi connectivity index (χ0n) is 21.5. The lowest BCUT2D eigenvalue weighted by molar-refractivity contribution is 0.000167. The van der Waals surface area contributed by atoms with Crippen LogP contribution in [0.15, 0.2) is 24.3 Å². The molecular formula is C27H45NO3S. The zero-order chi connectivity index (χ0) is 24.6. The summed E-state index contributed by atoms with van der Waals surface area (Å²) in [5.74, 6) is 0.192. The first kappa shape index (κ1) is 27.0. The molecular weight excluding hydrogens is 418 g/mol. The van der Waals surface area contributed by atoms with E-state index in [9.17, 15) is 13.5 Å². The van der Waals surface area contributed by atoms with E-state index in [0.29, 0.717) is 18.8 Å². The van der Waals surface area contributed by atoms with Gasteiger partial charge in [0, 0.05) is 11.1 Å². The summed E-state index contributed by atoms with van der Waals surface area (Å²) < 4.78 is 23.9. The fourth-order valence-electron chi connectivity index (χ4n) is 4.78. The number of hydrogen-bond acceptors (Lipinski definition) is 4. The van der Waals surface area contributed by atoms with Gasteiger partial charge in [-0.2, -0.15) is 0 Å². The fourth-order valence-corrected chi connectivity index (χ4v) is 6.20. The molecule has 5 heteroatoms. The number of aliphatic hydroxyl groups is 1. The molecule has 1 aromatic rings. The molecule has 1 spiro atoms. The van der Waals surface area contributed by atoms with Crippen LogP contribution in [0.3, 0.4) is 0 Å². The molecule has 0 heterocycles. The summed E-state index contributed by atoms with van der Waals surface area (Å²) in [4.78, 5) is 0. The van der Waals surface area contributed by atoms with Gasteiger partial charge in [-0.25, -0.2) is 8.42 Å². The van der Waals surface area contributed by atoms with Gasteiger partial charge in [0.2, 0.25) is 0 Å². The van der Waals surface area contributed by atoms with Crippen molar-refractivity contribution < 1.29 is 13.5 Å². The molecule has 1 aromatic carbocycles. The lowest BCUT2D eigenvalue weighted by atomic mass is 9.67. The normalized spacial score (nSPS) is 29.0. The van der Waals surface area contributed by atoms with Crippen LogP contribution in [0.5, 0.6) is 0 Å². The minimum absolute atomic E-state index is 0.0584. The zero-order valence-corrected chi connectivity index (χ0v) is 22.3. The van der Waals surface area contributed by atoms with Crippen molar-refractivity contribution in [3.8, 4) is 0 Å². The van der Waals surface area contributed by atoms with Gasteiger partial charge < -0.3 is 10.5 Å². The van der Waals surface area contributed by atoms with Crippen LogP contribution >= 0.6 is 0 Å². The summed E-state index contributed by atoms with van der Waals surface area (Å²) in [5.41, 5.74) is 2.68. The summed E-state index contributed by atoms with van der Waals surface area (Å²) >= 11 is 0. The monoisotopic (exact) mass is 463 g/mol. The first-order chi connectivity index (χ1) is 14.4. The molecule has 1 unspecified atom stereocenters. The summed E-state index contributed by atoms with van der Waals surface area (Å²) in [6, 6.07) is 8.74. The third kappa shape index (κ3) is 6.22. The first-order valence-electron chi connectivity index (χ1n) is 12.0. The van der Waals surface area contributed by atoms with E-state index in [4.69, 9.17) is 5.41 Å². The summed E-state index contributed by atoms with van der Waals surface area (Å²) in [7, 11) is -3.32. The Bertz CT molecular complexity index is 894. The quantitative estimate of drug-likeness (QED) is 0.545. The van der Waals surface area contributed by atoms with E-state index in [1.54, 1.807) is 20.8 Å². The van der Waals surface area contributed by atoms with Gasteiger partial charge in [-0.3, -0.25) is 0 Å². The first-order valence-corrected chi connectivity index (χ1v) is 13.7. The maximum atomic E-state index is 12.4. The predicted octanol–water partition coefficient (Wildman–Crippen LogP) is 6.23. The summed E-state index contributed by atoms with van der Waals surface area (Å²) in [5, 5.41) is 19.0. The number of benzene rings is 1. The Hall–Kier alpha value is -1.20. The topological polar surface area (TPSA) is 78.2 Å². The van der Waals surface area contributed by atoms with Crippen LogP contribution in [0.25, 0.3) is 0 Å². The highest BCUT2D eigenvalue weighted by Crippen LogP contribution is 2.51. The number of sulfone groups is 1. The van der Waals surface area contributed by atoms with E-state index in [1.807, 2.05) is 0 Å². The Morgan fingerprint density at radius 1 is 0.969 bits per heavy atom. The van der Waals surface area contributed by atoms with E-state index < -0.39 is 20.2 Å². The van der Waals surface area contributed by atoms with Gasteiger partial charge in [-0.1, -0.05) is 57.5 Å². The number of aryl methyl sites for hydroxylation is 1. The highest BCUT2D eigenvalue weighted by molar-refractivity contribution is 7.92. The van der Waals surface area contributed by atoms with E-state index in [2.05, 4.69) is 58.9 Å². The Kier molecular flexibility index (Phi) is 7.79.